The number of hydrogen-bond donors (Lipinski definition) is 2. The predicted octanol–water partition coefficient (Wildman–Crippen LogP) is 3.54. The van der Waals surface area contributed by atoms with E-state index in [9.17, 15) is 9.50 Å². The number of ether oxygens (including phenoxy) is 2. The van der Waals surface area contributed by atoms with Crippen molar-refractivity contribution in [2.24, 2.45) is 0 Å². The van der Waals surface area contributed by atoms with Crippen LogP contribution in [-0.4, -0.2) is 29.8 Å². The largest absolute Gasteiger partial charge is 0.486 e. The number of rotatable bonds is 4. The number of nitrogens with zero attached hydrogens (tertiary/aromatic N) is 1. The Morgan fingerprint density at radius 2 is 2.08 bits per heavy atom. The fourth-order valence-corrected chi connectivity index (χ4v) is 2.87. The molecule has 1 aliphatic heterocycles. The molecule has 6 nitrogen and oxygen atoms in total. The Bertz CT molecular complexity index is 930. The van der Waals surface area contributed by atoms with E-state index < -0.39 is 11.9 Å². The van der Waals surface area contributed by atoms with Crippen LogP contribution >= 0.6 is 11.6 Å². The van der Waals surface area contributed by atoms with Crippen LogP contribution in [0.5, 0.6) is 11.5 Å². The number of oxazole rings is 1. The second-order valence-electron chi connectivity index (χ2n) is 5.55. The topological polar surface area (TPSA) is 76.8 Å². The van der Waals surface area contributed by atoms with Crippen LogP contribution < -0.4 is 14.8 Å². The van der Waals surface area contributed by atoms with Gasteiger partial charge in [-0.05, 0) is 29.8 Å². The molecule has 2 N–H and O–H groups in total. The number of aliphatic hydroxyl groups excluding tert-OH is 1. The van der Waals surface area contributed by atoms with Crippen molar-refractivity contribution in [2.45, 2.75) is 6.10 Å². The molecule has 2 aromatic carbocycles. The summed E-state index contributed by atoms with van der Waals surface area (Å²) in [5.74, 6) is 0.598. The number of benzene rings is 2. The van der Waals surface area contributed by atoms with Gasteiger partial charge in [0.2, 0.25) is 0 Å². The molecule has 0 amide bonds. The maximum atomic E-state index is 13.2. The molecule has 0 fully saturated rings. The van der Waals surface area contributed by atoms with Gasteiger partial charge in [0.1, 0.15) is 24.5 Å². The fourth-order valence-electron chi connectivity index (χ4n) is 2.60. The molecule has 0 spiro atoms. The third kappa shape index (κ3) is 3.20. The zero-order valence-corrected chi connectivity index (χ0v) is 13.7. The molecule has 1 aromatic heterocycles. The van der Waals surface area contributed by atoms with E-state index >= 15 is 0 Å². The summed E-state index contributed by atoms with van der Waals surface area (Å²) in [5, 5.41) is 13.6. The van der Waals surface area contributed by atoms with Crippen LogP contribution in [0.15, 0.2) is 34.7 Å². The summed E-state index contributed by atoms with van der Waals surface area (Å²) in [7, 11) is 0. The fraction of sp³-hybridized carbons (Fsp3) is 0.235. The van der Waals surface area contributed by atoms with Crippen molar-refractivity contribution in [2.75, 3.05) is 25.1 Å². The van der Waals surface area contributed by atoms with Crippen molar-refractivity contribution >= 4 is 28.7 Å². The van der Waals surface area contributed by atoms with Gasteiger partial charge in [-0.1, -0.05) is 11.6 Å². The van der Waals surface area contributed by atoms with Crippen LogP contribution in [0.2, 0.25) is 5.02 Å². The van der Waals surface area contributed by atoms with Crippen LogP contribution in [0.1, 0.15) is 11.7 Å². The van der Waals surface area contributed by atoms with E-state index in [-0.39, 0.29) is 12.6 Å². The van der Waals surface area contributed by atoms with Gasteiger partial charge in [-0.3, -0.25) is 0 Å². The van der Waals surface area contributed by atoms with Crippen LogP contribution in [0, 0.1) is 5.82 Å². The first-order chi connectivity index (χ1) is 12.1. The maximum Gasteiger partial charge on any atom is 0.295 e. The minimum absolute atomic E-state index is 0.130. The second-order valence-corrected chi connectivity index (χ2v) is 5.96. The average Bonchev–Trinajstić information content (AvgIpc) is 3.01. The number of halogens is 2. The molecule has 0 unspecified atom stereocenters. The molecule has 2 heterocycles. The van der Waals surface area contributed by atoms with E-state index in [1.807, 2.05) is 0 Å². The molecule has 8 heteroatoms. The number of aromatic nitrogens is 1. The van der Waals surface area contributed by atoms with E-state index in [2.05, 4.69) is 10.3 Å². The molecule has 0 saturated carbocycles. The van der Waals surface area contributed by atoms with E-state index in [4.69, 9.17) is 25.5 Å². The smallest absolute Gasteiger partial charge is 0.295 e. The quantitative estimate of drug-likeness (QED) is 0.737. The number of aliphatic hydroxyl groups is 1. The summed E-state index contributed by atoms with van der Waals surface area (Å²) in [4.78, 5) is 4.13. The highest BCUT2D eigenvalue weighted by atomic mass is 35.5. The molecule has 0 radical (unpaired) electrons. The molecule has 3 aromatic rings. The number of nitrogens with one attached hydrogen (secondary N) is 1. The van der Waals surface area contributed by atoms with E-state index in [1.54, 1.807) is 12.1 Å². The summed E-state index contributed by atoms with van der Waals surface area (Å²) in [6, 6.07) is 7.59. The normalized spacial score (nSPS) is 14.5. The van der Waals surface area contributed by atoms with Crippen molar-refractivity contribution in [3.8, 4) is 11.5 Å². The van der Waals surface area contributed by atoms with Gasteiger partial charge in [-0.2, -0.15) is 4.98 Å². The number of anilines is 1. The third-order valence-electron chi connectivity index (χ3n) is 3.80. The van der Waals surface area contributed by atoms with Gasteiger partial charge in [0.25, 0.3) is 6.01 Å². The monoisotopic (exact) mass is 364 g/mol. The van der Waals surface area contributed by atoms with Gasteiger partial charge in [0.05, 0.1) is 11.1 Å². The summed E-state index contributed by atoms with van der Waals surface area (Å²) in [5.41, 5.74) is 1.43. The molecule has 1 aliphatic rings. The highest BCUT2D eigenvalue weighted by molar-refractivity contribution is 6.32. The van der Waals surface area contributed by atoms with Gasteiger partial charge in [-0.15, -0.1) is 0 Å². The lowest BCUT2D eigenvalue weighted by molar-refractivity contribution is 0.167. The minimum Gasteiger partial charge on any atom is -0.486 e. The zero-order valence-electron chi connectivity index (χ0n) is 13.0. The predicted molar refractivity (Wildman–Crippen MR) is 89.9 cm³/mol. The van der Waals surface area contributed by atoms with Crippen LogP contribution in [0.25, 0.3) is 11.1 Å². The molecule has 0 aliphatic carbocycles. The third-order valence-corrected chi connectivity index (χ3v) is 4.08. The molecular formula is C17H14ClFN2O4. The van der Waals surface area contributed by atoms with Crippen molar-refractivity contribution in [1.82, 2.24) is 4.98 Å². The standard InChI is InChI=1S/C17H14ClFN2O4/c18-11-5-9(6-15-16(11)24-4-3-23-15)13(22)8-20-17-21-12-7-10(19)1-2-14(12)25-17/h1-2,5-7,13,22H,3-4,8H2,(H,20,21)/t13-/m0/s1. The lowest BCUT2D eigenvalue weighted by atomic mass is 10.1. The Balaban J connectivity index is 1.49. The number of fused-ring (bicyclic) bond motifs is 2. The van der Waals surface area contributed by atoms with Crippen molar-refractivity contribution in [1.29, 1.82) is 0 Å². The lowest BCUT2D eigenvalue weighted by Crippen LogP contribution is -2.17. The van der Waals surface area contributed by atoms with Gasteiger partial charge in [0.15, 0.2) is 17.1 Å². The molecule has 25 heavy (non-hydrogen) atoms. The molecule has 0 bridgehead atoms. The molecule has 130 valence electrons. The first-order valence-corrected chi connectivity index (χ1v) is 8.05. The zero-order chi connectivity index (χ0) is 17.4. The lowest BCUT2D eigenvalue weighted by Gasteiger charge is -2.21. The number of hydrogen-bond acceptors (Lipinski definition) is 6. The summed E-state index contributed by atoms with van der Waals surface area (Å²) >= 11 is 6.17. The molecular weight excluding hydrogens is 351 g/mol. The van der Waals surface area contributed by atoms with Crippen molar-refractivity contribution < 1.29 is 23.4 Å². The van der Waals surface area contributed by atoms with Gasteiger partial charge >= 0.3 is 0 Å². The maximum absolute atomic E-state index is 13.2. The van der Waals surface area contributed by atoms with Gasteiger partial charge < -0.3 is 24.3 Å². The van der Waals surface area contributed by atoms with E-state index in [1.165, 1.54) is 18.2 Å². The minimum atomic E-state index is -0.875. The molecule has 1 atom stereocenters. The van der Waals surface area contributed by atoms with E-state index in [0.717, 1.165) is 0 Å². The Labute approximate surface area is 147 Å². The Hall–Kier alpha value is -2.51. The Kier molecular flexibility index (Phi) is 4.10. The summed E-state index contributed by atoms with van der Waals surface area (Å²) < 4.78 is 29.6. The van der Waals surface area contributed by atoms with Crippen LogP contribution in [0.4, 0.5) is 10.4 Å². The summed E-state index contributed by atoms with van der Waals surface area (Å²) in [6.45, 7) is 1.00. The average molecular weight is 365 g/mol. The second kappa shape index (κ2) is 6.42. The van der Waals surface area contributed by atoms with Crippen molar-refractivity contribution in [3.05, 3.63) is 46.7 Å². The SMILES string of the molecule is O[C@@H](CNc1nc2cc(F)ccc2o1)c1cc(Cl)c2c(c1)OCCO2. The summed E-state index contributed by atoms with van der Waals surface area (Å²) in [6.07, 6.45) is -0.875. The van der Waals surface area contributed by atoms with Gasteiger partial charge in [-0.25, -0.2) is 4.39 Å². The van der Waals surface area contributed by atoms with Gasteiger partial charge in [0, 0.05) is 12.6 Å². The van der Waals surface area contributed by atoms with Crippen LogP contribution in [-0.2, 0) is 0 Å². The molecule has 4 rings (SSSR count). The first-order valence-electron chi connectivity index (χ1n) is 7.67. The first kappa shape index (κ1) is 16.0. The Morgan fingerprint density at radius 1 is 1.24 bits per heavy atom. The molecule has 0 saturated heterocycles. The highest BCUT2D eigenvalue weighted by Crippen LogP contribution is 2.39. The van der Waals surface area contributed by atoms with Crippen molar-refractivity contribution in [3.63, 3.8) is 0 Å². The Morgan fingerprint density at radius 3 is 2.96 bits per heavy atom. The van der Waals surface area contributed by atoms with E-state index in [0.29, 0.717) is 46.4 Å². The highest BCUT2D eigenvalue weighted by Gasteiger charge is 2.20. The van der Waals surface area contributed by atoms with Crippen LogP contribution in [0.3, 0.4) is 0 Å².